The molecule has 29 heavy (non-hydrogen) atoms. The molecule has 10 heteroatoms. The van der Waals surface area contributed by atoms with Gasteiger partial charge in [-0.2, -0.15) is 18.3 Å². The highest BCUT2D eigenvalue weighted by molar-refractivity contribution is 5.89. The molecule has 3 aromatic rings. The highest BCUT2D eigenvalue weighted by atomic mass is 19.4. The number of carbonyl (C=O) groups excluding carboxylic acids is 1. The van der Waals surface area contributed by atoms with Crippen LogP contribution in [-0.4, -0.2) is 20.9 Å². The monoisotopic (exact) mass is 408 g/mol. The van der Waals surface area contributed by atoms with Gasteiger partial charge < -0.3 is 15.7 Å². The number of aliphatic hydroxyl groups is 1. The Labute approximate surface area is 162 Å². The van der Waals surface area contributed by atoms with E-state index in [2.05, 4.69) is 15.7 Å². The highest BCUT2D eigenvalue weighted by Crippen LogP contribution is 2.29. The van der Waals surface area contributed by atoms with E-state index >= 15 is 0 Å². The van der Waals surface area contributed by atoms with Crippen LogP contribution >= 0.6 is 0 Å². The molecule has 1 heterocycles. The van der Waals surface area contributed by atoms with Crippen molar-refractivity contribution in [3.05, 3.63) is 77.4 Å². The summed E-state index contributed by atoms with van der Waals surface area (Å²) in [5, 5.41) is 17.3. The number of hydrogen-bond acceptors (Lipinski definition) is 3. The van der Waals surface area contributed by atoms with Crippen molar-refractivity contribution in [1.29, 1.82) is 0 Å². The Morgan fingerprint density at radius 2 is 1.83 bits per heavy atom. The largest absolute Gasteiger partial charge is 0.435 e. The molecule has 0 saturated heterocycles. The molecule has 2 aromatic carbocycles. The van der Waals surface area contributed by atoms with Crippen LogP contribution in [0.3, 0.4) is 0 Å². The van der Waals surface area contributed by atoms with Crippen molar-refractivity contribution in [3.63, 3.8) is 0 Å². The molecule has 0 fully saturated rings. The normalized spacial score (nSPS) is 11.3. The fourth-order valence-electron chi connectivity index (χ4n) is 2.58. The zero-order valence-corrected chi connectivity index (χ0v) is 14.9. The van der Waals surface area contributed by atoms with Crippen LogP contribution in [0.25, 0.3) is 5.69 Å². The van der Waals surface area contributed by atoms with Crippen molar-refractivity contribution in [1.82, 2.24) is 15.1 Å². The number of amides is 2. The molecule has 0 atom stereocenters. The van der Waals surface area contributed by atoms with E-state index in [1.807, 2.05) is 0 Å². The van der Waals surface area contributed by atoms with Gasteiger partial charge in [-0.15, -0.1) is 0 Å². The molecule has 0 radical (unpaired) electrons. The van der Waals surface area contributed by atoms with Crippen molar-refractivity contribution in [3.8, 4) is 5.69 Å². The standard InChI is InChI=1S/C19H16F4N4O2/c20-16-8-13(7-6-12(16)11-28)25-18(29)24-10-15-9-17(19(21,22)23)26-27(15)14-4-2-1-3-5-14/h1-9,28H,10-11H2,(H2,24,25,29). The first-order valence-corrected chi connectivity index (χ1v) is 8.43. The Kier molecular flexibility index (Phi) is 5.83. The molecule has 0 saturated carbocycles. The second kappa shape index (κ2) is 8.31. The number of nitrogens with one attached hydrogen (secondary N) is 2. The fourth-order valence-corrected chi connectivity index (χ4v) is 2.58. The summed E-state index contributed by atoms with van der Waals surface area (Å²) in [6, 6.07) is 12.0. The van der Waals surface area contributed by atoms with Crippen molar-refractivity contribution in [2.45, 2.75) is 19.3 Å². The lowest BCUT2D eigenvalue weighted by molar-refractivity contribution is -0.141. The number of nitrogens with zero attached hydrogens (tertiary/aromatic N) is 2. The van der Waals surface area contributed by atoms with Gasteiger partial charge in [0.05, 0.1) is 24.5 Å². The van der Waals surface area contributed by atoms with Crippen molar-refractivity contribution >= 4 is 11.7 Å². The van der Waals surface area contributed by atoms with Crippen molar-refractivity contribution < 1.29 is 27.5 Å². The summed E-state index contributed by atoms with van der Waals surface area (Å²) in [4.78, 5) is 12.1. The van der Waals surface area contributed by atoms with Crippen molar-refractivity contribution in [2.75, 3.05) is 5.32 Å². The van der Waals surface area contributed by atoms with Gasteiger partial charge in [0.2, 0.25) is 0 Å². The number of hydrogen-bond donors (Lipinski definition) is 3. The maximum atomic E-state index is 13.7. The summed E-state index contributed by atoms with van der Waals surface area (Å²) in [7, 11) is 0. The van der Waals surface area contributed by atoms with Crippen LogP contribution in [0.15, 0.2) is 54.6 Å². The van der Waals surface area contributed by atoms with Gasteiger partial charge in [0, 0.05) is 11.3 Å². The second-order valence-electron chi connectivity index (χ2n) is 6.04. The van der Waals surface area contributed by atoms with Gasteiger partial charge in [-0.05, 0) is 30.3 Å². The third-order valence-corrected chi connectivity index (χ3v) is 3.99. The van der Waals surface area contributed by atoms with E-state index in [1.165, 1.54) is 12.1 Å². The molecule has 0 aliphatic rings. The molecule has 0 spiro atoms. The zero-order valence-electron chi connectivity index (χ0n) is 14.9. The minimum absolute atomic E-state index is 0.0717. The molecule has 3 N–H and O–H groups in total. The molecule has 0 unspecified atom stereocenters. The molecule has 0 aliphatic carbocycles. The van der Waals surface area contributed by atoms with Gasteiger partial charge in [0.25, 0.3) is 0 Å². The molecule has 152 valence electrons. The minimum atomic E-state index is -4.64. The van der Waals surface area contributed by atoms with Gasteiger partial charge in [-0.25, -0.2) is 13.9 Å². The average Bonchev–Trinajstić information content (AvgIpc) is 3.12. The lowest BCUT2D eigenvalue weighted by Crippen LogP contribution is -2.29. The van der Waals surface area contributed by atoms with Gasteiger partial charge in [0.15, 0.2) is 5.69 Å². The average molecular weight is 408 g/mol. The number of aromatic nitrogens is 2. The lowest BCUT2D eigenvalue weighted by atomic mass is 10.2. The van der Waals surface area contributed by atoms with E-state index in [4.69, 9.17) is 5.11 Å². The van der Waals surface area contributed by atoms with Gasteiger partial charge >= 0.3 is 12.2 Å². The maximum absolute atomic E-state index is 13.7. The van der Waals surface area contributed by atoms with Crippen LogP contribution in [0.4, 0.5) is 28.0 Å². The minimum Gasteiger partial charge on any atom is -0.392 e. The fraction of sp³-hybridized carbons (Fsp3) is 0.158. The molecule has 0 bridgehead atoms. The predicted octanol–water partition coefficient (Wildman–Crippen LogP) is 3.84. The number of alkyl halides is 3. The third kappa shape index (κ3) is 4.91. The van der Waals surface area contributed by atoms with Crippen LogP contribution in [0.5, 0.6) is 0 Å². The van der Waals surface area contributed by atoms with E-state index < -0.39 is 30.3 Å². The van der Waals surface area contributed by atoms with E-state index in [0.29, 0.717) is 5.69 Å². The summed E-state index contributed by atoms with van der Waals surface area (Å²) in [6.45, 7) is -0.732. The molecular formula is C19H16F4N4O2. The number of carbonyl (C=O) groups is 1. The van der Waals surface area contributed by atoms with E-state index in [9.17, 15) is 22.4 Å². The molecule has 2 amide bonds. The Hall–Kier alpha value is -3.40. The predicted molar refractivity (Wildman–Crippen MR) is 96.7 cm³/mol. The van der Waals surface area contributed by atoms with E-state index in [1.54, 1.807) is 30.3 Å². The topological polar surface area (TPSA) is 79.2 Å². The summed E-state index contributed by atoms with van der Waals surface area (Å²) >= 11 is 0. The summed E-state index contributed by atoms with van der Waals surface area (Å²) in [5.41, 5.74) is -0.366. The van der Waals surface area contributed by atoms with Crippen LogP contribution in [0, 0.1) is 5.82 Å². The third-order valence-electron chi connectivity index (χ3n) is 3.99. The molecule has 6 nitrogen and oxygen atoms in total. The van der Waals surface area contributed by atoms with Gasteiger partial charge in [-0.1, -0.05) is 24.3 Å². The van der Waals surface area contributed by atoms with E-state index in [-0.39, 0.29) is 23.5 Å². The number of para-hydroxylation sites is 1. The first-order valence-electron chi connectivity index (χ1n) is 8.43. The van der Waals surface area contributed by atoms with Crippen LogP contribution < -0.4 is 10.6 Å². The van der Waals surface area contributed by atoms with Crippen LogP contribution in [0.2, 0.25) is 0 Å². The van der Waals surface area contributed by atoms with Crippen LogP contribution in [-0.2, 0) is 19.3 Å². The maximum Gasteiger partial charge on any atom is 0.435 e. The Bertz CT molecular complexity index is 1000. The molecular weight excluding hydrogens is 392 g/mol. The summed E-state index contributed by atoms with van der Waals surface area (Å²) in [5.74, 6) is -0.692. The highest BCUT2D eigenvalue weighted by Gasteiger charge is 2.35. The van der Waals surface area contributed by atoms with E-state index in [0.717, 1.165) is 16.8 Å². The number of urea groups is 1. The molecule has 1 aromatic heterocycles. The Balaban J connectivity index is 1.75. The first kappa shape index (κ1) is 20.3. The number of benzene rings is 2. The number of aliphatic hydroxyl groups excluding tert-OH is 1. The van der Waals surface area contributed by atoms with Crippen molar-refractivity contribution in [2.24, 2.45) is 0 Å². The Morgan fingerprint density at radius 1 is 1.10 bits per heavy atom. The second-order valence-corrected chi connectivity index (χ2v) is 6.04. The quantitative estimate of drug-likeness (QED) is 0.562. The number of anilines is 1. The smallest absolute Gasteiger partial charge is 0.392 e. The lowest BCUT2D eigenvalue weighted by Gasteiger charge is -2.10. The zero-order chi connectivity index (χ0) is 21.0. The van der Waals surface area contributed by atoms with Crippen LogP contribution in [0.1, 0.15) is 17.0 Å². The first-order chi connectivity index (χ1) is 13.8. The van der Waals surface area contributed by atoms with Gasteiger partial charge in [0.1, 0.15) is 5.82 Å². The number of rotatable bonds is 5. The summed E-state index contributed by atoms with van der Waals surface area (Å²) < 4.78 is 53.9. The number of halogens is 4. The molecule has 3 rings (SSSR count). The SMILES string of the molecule is O=C(NCc1cc(C(F)(F)F)nn1-c1ccccc1)Nc1ccc(CO)c(F)c1. The Morgan fingerprint density at radius 3 is 2.45 bits per heavy atom. The summed E-state index contributed by atoms with van der Waals surface area (Å²) in [6.07, 6.45) is -4.64. The van der Waals surface area contributed by atoms with Gasteiger partial charge in [-0.3, -0.25) is 0 Å². The molecule has 0 aliphatic heterocycles.